The van der Waals surface area contributed by atoms with Crippen molar-refractivity contribution < 1.29 is 4.57 Å². The maximum atomic E-state index is 2.53. The molecule has 1 nitrogen and oxygen atoms in total. The Morgan fingerprint density at radius 2 is 1.68 bits per heavy atom. The molecule has 2 unspecified atom stereocenters. The highest BCUT2D eigenvalue weighted by Crippen LogP contribution is 2.49. The summed E-state index contributed by atoms with van der Waals surface area (Å²) in [5.41, 5.74) is 4.59. The van der Waals surface area contributed by atoms with Gasteiger partial charge in [0.05, 0.1) is 11.0 Å². The van der Waals surface area contributed by atoms with Crippen LogP contribution in [-0.4, -0.2) is 0 Å². The van der Waals surface area contributed by atoms with E-state index >= 15 is 0 Å². The Kier molecular flexibility index (Phi) is 3.84. The number of hydrogen-bond acceptors (Lipinski definition) is 0. The van der Waals surface area contributed by atoms with Crippen molar-refractivity contribution in [3.05, 3.63) is 54.2 Å². The van der Waals surface area contributed by atoms with E-state index in [0.29, 0.717) is 0 Å². The minimum absolute atomic E-state index is 0.118. The van der Waals surface area contributed by atoms with E-state index in [1.165, 1.54) is 36.1 Å². The summed E-state index contributed by atoms with van der Waals surface area (Å²) in [5, 5.41) is 0. The van der Waals surface area contributed by atoms with Gasteiger partial charge in [-0.2, -0.15) is 4.57 Å². The average molecular weight is 294 g/mol. The molecule has 0 aliphatic carbocycles. The number of benzene rings is 1. The SMILES string of the molecule is CCCCC1(C)c2ccccc2-c2cccc[n+]2C1(C)CC. The molecule has 1 heteroatoms. The fourth-order valence-electron chi connectivity index (χ4n) is 4.33. The molecule has 0 fully saturated rings. The summed E-state index contributed by atoms with van der Waals surface area (Å²) in [7, 11) is 0. The number of unbranched alkanes of at least 4 members (excludes halogenated alkanes) is 1. The summed E-state index contributed by atoms with van der Waals surface area (Å²) in [6.07, 6.45) is 7.20. The first-order valence-electron chi connectivity index (χ1n) is 8.69. The molecule has 2 aromatic rings. The van der Waals surface area contributed by atoms with Gasteiger partial charge in [-0.25, -0.2) is 0 Å². The normalized spacial score (nSPS) is 26.4. The van der Waals surface area contributed by atoms with Crippen LogP contribution in [0.3, 0.4) is 0 Å². The van der Waals surface area contributed by atoms with Crippen LogP contribution in [0.4, 0.5) is 0 Å². The van der Waals surface area contributed by atoms with Crippen molar-refractivity contribution in [3.63, 3.8) is 0 Å². The summed E-state index contributed by atoms with van der Waals surface area (Å²) in [6, 6.07) is 15.6. The fourth-order valence-corrected chi connectivity index (χ4v) is 4.33. The van der Waals surface area contributed by atoms with Gasteiger partial charge in [0, 0.05) is 25.5 Å². The molecule has 0 radical (unpaired) electrons. The lowest BCUT2D eigenvalue weighted by Gasteiger charge is -2.46. The molecule has 0 saturated carbocycles. The van der Waals surface area contributed by atoms with Gasteiger partial charge in [-0.05, 0) is 31.0 Å². The van der Waals surface area contributed by atoms with Crippen LogP contribution < -0.4 is 4.57 Å². The van der Waals surface area contributed by atoms with E-state index in [-0.39, 0.29) is 11.0 Å². The molecule has 2 atom stereocenters. The summed E-state index contributed by atoms with van der Waals surface area (Å²) in [6.45, 7) is 9.56. The number of rotatable bonds is 4. The van der Waals surface area contributed by atoms with E-state index in [1.54, 1.807) is 0 Å². The molecular weight excluding hydrogens is 266 g/mol. The van der Waals surface area contributed by atoms with Crippen LogP contribution in [-0.2, 0) is 11.0 Å². The lowest BCUT2D eigenvalue weighted by Crippen LogP contribution is -2.67. The van der Waals surface area contributed by atoms with Crippen molar-refractivity contribution >= 4 is 0 Å². The van der Waals surface area contributed by atoms with Crippen LogP contribution >= 0.6 is 0 Å². The van der Waals surface area contributed by atoms with E-state index in [2.05, 4.69) is 80.9 Å². The highest BCUT2D eigenvalue weighted by Gasteiger charge is 2.56. The highest BCUT2D eigenvalue weighted by molar-refractivity contribution is 5.65. The molecule has 0 N–H and O–H groups in total. The van der Waals surface area contributed by atoms with Crippen molar-refractivity contribution in [2.24, 2.45) is 0 Å². The van der Waals surface area contributed by atoms with Crippen LogP contribution in [0.25, 0.3) is 11.3 Å². The van der Waals surface area contributed by atoms with E-state index in [4.69, 9.17) is 0 Å². The molecule has 116 valence electrons. The molecule has 1 aliphatic rings. The molecule has 0 bridgehead atoms. The Morgan fingerprint density at radius 3 is 2.41 bits per heavy atom. The number of fused-ring (bicyclic) bond motifs is 3. The fraction of sp³-hybridized carbons (Fsp3) is 0.476. The standard InChI is InChI=1S/C21H28N/c1-5-7-15-20(3)18-13-9-8-12-17(18)19-14-10-11-16-22(19)21(20,4)6-2/h8-14,16H,5-7,15H2,1-4H3/q+1. The maximum Gasteiger partial charge on any atom is 0.213 e. The third-order valence-corrected chi connectivity index (χ3v) is 6.10. The smallest absolute Gasteiger partial charge is 0.192 e. The number of pyridine rings is 1. The topological polar surface area (TPSA) is 3.88 Å². The second-order valence-electron chi connectivity index (χ2n) is 7.06. The molecule has 1 aliphatic heterocycles. The van der Waals surface area contributed by atoms with Gasteiger partial charge in [-0.1, -0.05) is 44.9 Å². The molecule has 0 saturated heterocycles. The van der Waals surface area contributed by atoms with Gasteiger partial charge in [0.1, 0.15) is 0 Å². The Hall–Kier alpha value is -1.63. The van der Waals surface area contributed by atoms with Crippen LogP contribution in [0.1, 0.15) is 58.9 Å². The zero-order valence-corrected chi connectivity index (χ0v) is 14.4. The second-order valence-corrected chi connectivity index (χ2v) is 7.06. The van der Waals surface area contributed by atoms with Crippen molar-refractivity contribution in [2.75, 3.05) is 0 Å². The van der Waals surface area contributed by atoms with Gasteiger partial charge in [0.15, 0.2) is 11.7 Å². The quantitative estimate of drug-likeness (QED) is 0.680. The highest BCUT2D eigenvalue weighted by atomic mass is 15.1. The third-order valence-electron chi connectivity index (χ3n) is 6.10. The Labute approximate surface area is 135 Å². The lowest BCUT2D eigenvalue weighted by atomic mass is 9.60. The van der Waals surface area contributed by atoms with Crippen LogP contribution in [0.15, 0.2) is 48.7 Å². The Balaban J connectivity index is 2.31. The van der Waals surface area contributed by atoms with E-state index in [1.807, 2.05) is 0 Å². The van der Waals surface area contributed by atoms with Gasteiger partial charge in [0.25, 0.3) is 0 Å². The monoisotopic (exact) mass is 294 g/mol. The van der Waals surface area contributed by atoms with E-state index < -0.39 is 0 Å². The zero-order chi connectivity index (χ0) is 15.8. The number of aromatic nitrogens is 1. The second kappa shape index (κ2) is 5.53. The maximum absolute atomic E-state index is 2.53. The minimum atomic E-state index is 0.118. The molecule has 0 spiro atoms. The summed E-state index contributed by atoms with van der Waals surface area (Å²) in [4.78, 5) is 0. The first-order chi connectivity index (χ1) is 10.6. The molecule has 0 amide bonds. The number of nitrogens with zero attached hydrogens (tertiary/aromatic N) is 1. The third kappa shape index (κ3) is 1.95. The Bertz CT molecular complexity index is 675. The summed E-state index contributed by atoms with van der Waals surface area (Å²) < 4.78 is 2.53. The van der Waals surface area contributed by atoms with E-state index in [0.717, 1.165) is 6.42 Å². The van der Waals surface area contributed by atoms with Crippen LogP contribution in [0.5, 0.6) is 0 Å². The van der Waals surface area contributed by atoms with Crippen LogP contribution in [0.2, 0.25) is 0 Å². The van der Waals surface area contributed by atoms with Gasteiger partial charge in [-0.15, -0.1) is 0 Å². The van der Waals surface area contributed by atoms with Gasteiger partial charge in [-0.3, -0.25) is 0 Å². The Morgan fingerprint density at radius 1 is 0.955 bits per heavy atom. The largest absolute Gasteiger partial charge is 0.213 e. The van der Waals surface area contributed by atoms with Crippen molar-refractivity contribution in [2.45, 2.75) is 64.3 Å². The molecule has 3 rings (SSSR count). The molecule has 22 heavy (non-hydrogen) atoms. The average Bonchev–Trinajstić information content (AvgIpc) is 2.58. The van der Waals surface area contributed by atoms with Crippen molar-refractivity contribution in [1.82, 2.24) is 0 Å². The number of hydrogen-bond donors (Lipinski definition) is 0. The summed E-state index contributed by atoms with van der Waals surface area (Å²) in [5.74, 6) is 0. The van der Waals surface area contributed by atoms with Crippen molar-refractivity contribution in [3.8, 4) is 11.3 Å². The van der Waals surface area contributed by atoms with Gasteiger partial charge >= 0.3 is 0 Å². The van der Waals surface area contributed by atoms with Gasteiger partial charge in [0.2, 0.25) is 5.69 Å². The molecule has 2 heterocycles. The lowest BCUT2D eigenvalue weighted by molar-refractivity contribution is -0.765. The molecule has 1 aromatic heterocycles. The molecule has 1 aromatic carbocycles. The van der Waals surface area contributed by atoms with Crippen molar-refractivity contribution in [1.29, 1.82) is 0 Å². The minimum Gasteiger partial charge on any atom is -0.192 e. The summed E-state index contributed by atoms with van der Waals surface area (Å²) >= 11 is 0. The first kappa shape index (κ1) is 15.3. The zero-order valence-electron chi connectivity index (χ0n) is 14.4. The first-order valence-corrected chi connectivity index (χ1v) is 8.69. The van der Waals surface area contributed by atoms with Gasteiger partial charge < -0.3 is 0 Å². The predicted molar refractivity (Wildman–Crippen MR) is 92.9 cm³/mol. The molecular formula is C21H28N+. The van der Waals surface area contributed by atoms with Crippen LogP contribution in [0, 0.1) is 0 Å². The predicted octanol–water partition coefficient (Wildman–Crippen LogP) is 5.23. The van der Waals surface area contributed by atoms with E-state index in [9.17, 15) is 0 Å².